The Kier molecular flexibility index (Phi) is 6.95. The number of carbonyl (C=O) groups is 1. The summed E-state index contributed by atoms with van der Waals surface area (Å²) in [5.74, 6) is 7.50. The maximum atomic E-state index is 12.1. The third-order valence-corrected chi connectivity index (χ3v) is 5.26. The van der Waals surface area contributed by atoms with Crippen molar-refractivity contribution in [1.82, 2.24) is 19.9 Å². The highest BCUT2D eigenvalue weighted by atomic mass is 35.5. The summed E-state index contributed by atoms with van der Waals surface area (Å²) >= 11 is 7.09. The number of anilines is 1. The van der Waals surface area contributed by atoms with Gasteiger partial charge in [-0.1, -0.05) is 49.3 Å². The van der Waals surface area contributed by atoms with E-state index in [0.29, 0.717) is 22.6 Å². The lowest BCUT2D eigenvalue weighted by molar-refractivity contribution is -0.113. The number of hydrogen-bond donors (Lipinski definition) is 2. The molecular weight excluding hydrogens is 412 g/mol. The van der Waals surface area contributed by atoms with Gasteiger partial charge in [0.1, 0.15) is 12.4 Å². The average molecular weight is 433 g/mol. The van der Waals surface area contributed by atoms with Crippen molar-refractivity contribution in [2.24, 2.45) is 0 Å². The molecular formula is C19H21ClN6O2S. The molecule has 0 saturated carbocycles. The van der Waals surface area contributed by atoms with E-state index in [4.69, 9.17) is 22.2 Å². The summed E-state index contributed by atoms with van der Waals surface area (Å²) in [6, 6.07) is 11.2. The zero-order valence-electron chi connectivity index (χ0n) is 16.0. The molecule has 0 fully saturated rings. The van der Waals surface area contributed by atoms with E-state index in [1.54, 1.807) is 18.3 Å². The predicted molar refractivity (Wildman–Crippen MR) is 114 cm³/mol. The maximum absolute atomic E-state index is 12.1. The van der Waals surface area contributed by atoms with Crippen LogP contribution in [0.25, 0.3) is 0 Å². The summed E-state index contributed by atoms with van der Waals surface area (Å²) in [5, 5.41) is 11.4. The number of nitrogen functional groups attached to an aromatic ring is 1. The number of nitrogens with zero attached hydrogens (tertiary/aromatic N) is 4. The summed E-state index contributed by atoms with van der Waals surface area (Å²) in [6.45, 7) is 4.44. The second kappa shape index (κ2) is 9.62. The highest BCUT2D eigenvalue weighted by Crippen LogP contribution is 2.21. The third kappa shape index (κ3) is 5.61. The first-order valence-electron chi connectivity index (χ1n) is 8.89. The highest BCUT2D eigenvalue weighted by Gasteiger charge is 2.14. The van der Waals surface area contributed by atoms with Crippen molar-refractivity contribution in [1.29, 1.82) is 0 Å². The minimum absolute atomic E-state index is 0.0953. The van der Waals surface area contributed by atoms with Crippen LogP contribution in [-0.2, 0) is 11.4 Å². The van der Waals surface area contributed by atoms with Crippen molar-refractivity contribution in [3.05, 3.63) is 59.1 Å². The van der Waals surface area contributed by atoms with Crippen LogP contribution < -0.4 is 15.9 Å². The number of halogens is 1. The Morgan fingerprint density at radius 2 is 2.03 bits per heavy atom. The fraction of sp³-hybridized carbons (Fsp3) is 0.263. The van der Waals surface area contributed by atoms with Gasteiger partial charge in [-0.2, -0.15) is 0 Å². The Morgan fingerprint density at radius 3 is 2.72 bits per heavy atom. The molecule has 0 bridgehead atoms. The minimum Gasteiger partial charge on any atom is -0.486 e. The Bertz CT molecular complexity index is 977. The van der Waals surface area contributed by atoms with Crippen LogP contribution in [0, 0.1) is 0 Å². The average Bonchev–Trinajstić information content (AvgIpc) is 3.06. The standard InChI is InChI=1S/C19H21ClN6O2S/c1-12(2)13-5-7-14(8-6-13)28-10-16-24-25-19(26(16)21)29-11-17(27)23-15-4-3-9-22-18(15)20/h3-9,12H,10-11,21H2,1-2H3,(H,23,27). The quantitative estimate of drug-likeness (QED) is 0.318. The number of carbonyl (C=O) groups excluding carboxylic acids is 1. The van der Waals surface area contributed by atoms with E-state index in [1.807, 2.05) is 24.3 Å². The largest absolute Gasteiger partial charge is 0.486 e. The van der Waals surface area contributed by atoms with Crippen molar-refractivity contribution in [3.63, 3.8) is 0 Å². The van der Waals surface area contributed by atoms with Gasteiger partial charge in [0.05, 0.1) is 11.4 Å². The number of benzene rings is 1. The Balaban J connectivity index is 1.52. The van der Waals surface area contributed by atoms with E-state index in [0.717, 1.165) is 17.5 Å². The molecule has 0 spiro atoms. The van der Waals surface area contributed by atoms with Gasteiger partial charge in [-0.05, 0) is 35.7 Å². The molecule has 3 aromatic rings. The molecule has 0 radical (unpaired) electrons. The van der Waals surface area contributed by atoms with Crippen molar-refractivity contribution in [2.75, 3.05) is 16.9 Å². The van der Waals surface area contributed by atoms with Crippen molar-refractivity contribution in [3.8, 4) is 5.75 Å². The minimum atomic E-state index is -0.254. The summed E-state index contributed by atoms with van der Waals surface area (Å²) in [7, 11) is 0. The molecule has 29 heavy (non-hydrogen) atoms. The molecule has 2 aromatic heterocycles. The van der Waals surface area contributed by atoms with Gasteiger partial charge in [0.25, 0.3) is 0 Å². The Morgan fingerprint density at radius 1 is 1.28 bits per heavy atom. The molecule has 0 aliphatic rings. The van der Waals surface area contributed by atoms with Crippen LogP contribution in [0.15, 0.2) is 47.8 Å². The van der Waals surface area contributed by atoms with Gasteiger partial charge in [0.15, 0.2) is 11.0 Å². The number of hydrogen-bond acceptors (Lipinski definition) is 7. The smallest absolute Gasteiger partial charge is 0.234 e. The SMILES string of the molecule is CC(C)c1ccc(OCc2nnc(SCC(=O)Nc3cccnc3Cl)n2N)cc1. The molecule has 0 aliphatic carbocycles. The van der Waals surface area contributed by atoms with Crippen molar-refractivity contribution in [2.45, 2.75) is 31.5 Å². The normalized spacial score (nSPS) is 10.9. The summed E-state index contributed by atoms with van der Waals surface area (Å²) in [5.41, 5.74) is 1.69. The maximum Gasteiger partial charge on any atom is 0.234 e. The molecule has 152 valence electrons. The number of rotatable bonds is 8. The zero-order chi connectivity index (χ0) is 20.8. The van der Waals surface area contributed by atoms with Crippen LogP contribution in [0.3, 0.4) is 0 Å². The van der Waals surface area contributed by atoms with Gasteiger partial charge < -0.3 is 15.9 Å². The first-order valence-corrected chi connectivity index (χ1v) is 10.3. The lowest BCUT2D eigenvalue weighted by Gasteiger charge is -2.09. The summed E-state index contributed by atoms with van der Waals surface area (Å²) in [4.78, 5) is 16.0. The van der Waals surface area contributed by atoms with E-state index >= 15 is 0 Å². The van der Waals surface area contributed by atoms with Crippen LogP contribution in [0.2, 0.25) is 5.15 Å². The highest BCUT2D eigenvalue weighted by molar-refractivity contribution is 7.99. The number of ether oxygens (including phenoxy) is 1. The third-order valence-electron chi connectivity index (χ3n) is 4.02. The van der Waals surface area contributed by atoms with Crippen LogP contribution in [0.5, 0.6) is 5.75 Å². The van der Waals surface area contributed by atoms with E-state index in [1.165, 1.54) is 10.2 Å². The molecule has 3 rings (SSSR count). The van der Waals surface area contributed by atoms with Crippen LogP contribution in [0.4, 0.5) is 5.69 Å². The lowest BCUT2D eigenvalue weighted by atomic mass is 10.0. The Labute approximate surface area is 177 Å². The van der Waals surface area contributed by atoms with Crippen molar-refractivity contribution < 1.29 is 9.53 Å². The van der Waals surface area contributed by atoms with E-state index in [-0.39, 0.29) is 23.4 Å². The van der Waals surface area contributed by atoms with Crippen LogP contribution in [-0.4, -0.2) is 31.5 Å². The monoisotopic (exact) mass is 432 g/mol. The van der Waals surface area contributed by atoms with Gasteiger partial charge in [0, 0.05) is 6.20 Å². The molecule has 2 heterocycles. The number of pyridine rings is 1. The fourth-order valence-corrected chi connectivity index (χ4v) is 3.24. The number of thioether (sulfide) groups is 1. The van der Waals surface area contributed by atoms with E-state index in [2.05, 4.69) is 34.3 Å². The topological polar surface area (TPSA) is 108 Å². The van der Waals surface area contributed by atoms with Crippen LogP contribution in [0.1, 0.15) is 31.2 Å². The zero-order valence-corrected chi connectivity index (χ0v) is 17.6. The van der Waals surface area contributed by atoms with Gasteiger partial charge >= 0.3 is 0 Å². The molecule has 1 aromatic carbocycles. The van der Waals surface area contributed by atoms with Gasteiger partial charge in [-0.25, -0.2) is 9.66 Å². The molecule has 3 N–H and O–H groups in total. The fourth-order valence-electron chi connectivity index (χ4n) is 2.40. The first-order chi connectivity index (χ1) is 13.9. The molecule has 1 amide bonds. The molecule has 8 nitrogen and oxygen atoms in total. The van der Waals surface area contributed by atoms with Gasteiger partial charge in [-0.3, -0.25) is 4.79 Å². The number of amides is 1. The lowest BCUT2D eigenvalue weighted by Crippen LogP contribution is -2.18. The molecule has 0 aliphatic heterocycles. The van der Waals surface area contributed by atoms with E-state index < -0.39 is 0 Å². The number of nitrogens with one attached hydrogen (secondary N) is 1. The second-order valence-electron chi connectivity index (χ2n) is 6.46. The predicted octanol–water partition coefficient (Wildman–Crippen LogP) is 3.47. The summed E-state index contributed by atoms with van der Waals surface area (Å²) in [6.07, 6.45) is 1.55. The molecule has 0 atom stereocenters. The van der Waals surface area contributed by atoms with Crippen molar-refractivity contribution >= 4 is 35.0 Å². The molecule has 10 heteroatoms. The summed E-state index contributed by atoms with van der Waals surface area (Å²) < 4.78 is 7.04. The second-order valence-corrected chi connectivity index (χ2v) is 7.76. The van der Waals surface area contributed by atoms with Gasteiger partial charge in [0.2, 0.25) is 11.1 Å². The molecule has 0 unspecified atom stereocenters. The number of aromatic nitrogens is 4. The first kappa shape index (κ1) is 20.9. The van der Waals surface area contributed by atoms with E-state index in [9.17, 15) is 4.79 Å². The Hall–Kier alpha value is -2.78. The molecule has 0 saturated heterocycles. The number of nitrogens with two attached hydrogens (primary N) is 1. The van der Waals surface area contributed by atoms with Crippen LogP contribution >= 0.6 is 23.4 Å². The van der Waals surface area contributed by atoms with Gasteiger partial charge in [-0.15, -0.1) is 10.2 Å².